The van der Waals surface area contributed by atoms with E-state index in [-0.39, 0.29) is 29.0 Å². The number of ether oxygens (including phenoxy) is 2. The third-order valence-electron chi connectivity index (χ3n) is 5.64. The Kier molecular flexibility index (Phi) is 6.15. The van der Waals surface area contributed by atoms with E-state index in [0.717, 1.165) is 18.4 Å². The second kappa shape index (κ2) is 8.99. The van der Waals surface area contributed by atoms with Crippen LogP contribution in [0.15, 0.2) is 29.2 Å². The van der Waals surface area contributed by atoms with Crippen molar-refractivity contribution in [1.29, 1.82) is 0 Å². The zero-order chi connectivity index (χ0) is 22.0. The number of fused-ring (bicyclic) bond motifs is 2. The van der Waals surface area contributed by atoms with Crippen LogP contribution in [0.2, 0.25) is 0 Å². The number of hydrogen-bond acceptors (Lipinski definition) is 6. The second-order valence-electron chi connectivity index (χ2n) is 7.83. The number of methoxy groups -OCH3 is 1. The normalized spacial score (nSPS) is 16.3. The molecule has 1 saturated heterocycles. The Labute approximate surface area is 179 Å². The monoisotopic (exact) mass is 426 g/mol. The molecule has 4 rings (SSSR count). The van der Waals surface area contributed by atoms with Gasteiger partial charge in [-0.2, -0.15) is 0 Å². The van der Waals surface area contributed by atoms with Crippen LogP contribution in [-0.2, 0) is 16.0 Å². The van der Waals surface area contributed by atoms with E-state index in [1.165, 1.54) is 4.40 Å². The van der Waals surface area contributed by atoms with Crippen molar-refractivity contribution in [3.8, 4) is 0 Å². The van der Waals surface area contributed by atoms with Gasteiger partial charge < -0.3 is 20.5 Å². The van der Waals surface area contributed by atoms with Crippen molar-refractivity contribution in [3.63, 3.8) is 0 Å². The molecule has 1 atom stereocenters. The number of amides is 1. The molecule has 1 amide bonds. The predicted molar refractivity (Wildman–Crippen MR) is 116 cm³/mol. The minimum absolute atomic E-state index is 0.0346. The molecule has 0 spiro atoms. The molecule has 9 nitrogen and oxygen atoms in total. The highest BCUT2D eigenvalue weighted by atomic mass is 16.5. The summed E-state index contributed by atoms with van der Waals surface area (Å²) in [5, 5.41) is 3.20. The minimum Gasteiger partial charge on any atom is -0.385 e. The van der Waals surface area contributed by atoms with E-state index in [4.69, 9.17) is 20.2 Å². The van der Waals surface area contributed by atoms with Crippen LogP contribution in [0, 0.1) is 6.92 Å². The zero-order valence-electron chi connectivity index (χ0n) is 17.9. The van der Waals surface area contributed by atoms with E-state index in [2.05, 4.69) is 5.32 Å². The van der Waals surface area contributed by atoms with Crippen molar-refractivity contribution in [2.75, 3.05) is 32.6 Å². The van der Waals surface area contributed by atoms with Gasteiger partial charge in [-0.3, -0.25) is 14.0 Å². The Balaban J connectivity index is 1.87. The van der Waals surface area contributed by atoms with Gasteiger partial charge in [-0.1, -0.05) is 11.1 Å². The molecule has 3 aromatic heterocycles. The fourth-order valence-electron chi connectivity index (χ4n) is 3.98. The van der Waals surface area contributed by atoms with Gasteiger partial charge in [0.2, 0.25) is 11.5 Å². The molecule has 0 radical (unpaired) electrons. The lowest BCUT2D eigenvalue weighted by atomic mass is 10.1. The third-order valence-corrected chi connectivity index (χ3v) is 5.64. The molecule has 1 fully saturated rings. The Morgan fingerprint density at radius 1 is 1.48 bits per heavy atom. The highest BCUT2D eigenvalue weighted by Gasteiger charge is 2.27. The number of hydrogen-bond donors (Lipinski definition) is 2. The van der Waals surface area contributed by atoms with Crippen LogP contribution in [0.5, 0.6) is 0 Å². The van der Waals surface area contributed by atoms with E-state index in [9.17, 15) is 9.59 Å². The van der Waals surface area contributed by atoms with Gasteiger partial charge in [0, 0.05) is 38.6 Å². The first-order valence-electron chi connectivity index (χ1n) is 10.5. The quantitative estimate of drug-likeness (QED) is 0.331. The van der Waals surface area contributed by atoms with Crippen molar-refractivity contribution < 1.29 is 18.8 Å². The number of nitrogens with zero attached hydrogens (tertiary/aromatic N) is 3. The first kappa shape index (κ1) is 21.2. The number of nitrogen functional groups attached to an aromatic ring is 1. The Morgan fingerprint density at radius 3 is 3.06 bits per heavy atom. The van der Waals surface area contributed by atoms with Crippen molar-refractivity contribution >= 4 is 28.4 Å². The maximum Gasteiger partial charge on any atom is 0.278 e. The smallest absolute Gasteiger partial charge is 0.278 e. The summed E-state index contributed by atoms with van der Waals surface area (Å²) in [6.07, 6.45) is 4.20. The first-order valence-corrected chi connectivity index (χ1v) is 10.5. The number of rotatable bonds is 7. The van der Waals surface area contributed by atoms with Crippen LogP contribution in [0.4, 0.5) is 5.82 Å². The van der Waals surface area contributed by atoms with Gasteiger partial charge in [-0.05, 0) is 38.3 Å². The lowest BCUT2D eigenvalue weighted by Gasteiger charge is -2.15. The summed E-state index contributed by atoms with van der Waals surface area (Å²) in [5.74, 6) is -0.0533. The SMILES string of the molecule is COCCCNC(=O)c1cc2c(=O)n3cccc(C)c3nc2[n+](C[C@H]2CCCO2)c1N. The zero-order valence-corrected chi connectivity index (χ0v) is 17.9. The third kappa shape index (κ3) is 4.11. The molecular formula is C22H28N5O4+. The molecule has 0 saturated carbocycles. The van der Waals surface area contributed by atoms with E-state index in [1.807, 2.05) is 13.0 Å². The molecule has 4 heterocycles. The highest BCUT2D eigenvalue weighted by Crippen LogP contribution is 2.18. The topological polar surface area (TPSA) is 112 Å². The fourth-order valence-corrected chi connectivity index (χ4v) is 3.98. The average molecular weight is 426 g/mol. The van der Waals surface area contributed by atoms with Crippen LogP contribution in [0.1, 0.15) is 35.2 Å². The maximum atomic E-state index is 13.3. The van der Waals surface area contributed by atoms with Gasteiger partial charge in [0.1, 0.15) is 10.9 Å². The van der Waals surface area contributed by atoms with Crippen molar-refractivity contribution in [2.24, 2.45) is 0 Å². The van der Waals surface area contributed by atoms with Crippen molar-refractivity contribution in [1.82, 2.24) is 14.7 Å². The number of nitrogens with one attached hydrogen (secondary N) is 1. The number of pyridine rings is 2. The highest BCUT2D eigenvalue weighted by molar-refractivity contribution is 6.00. The predicted octanol–water partition coefficient (Wildman–Crippen LogP) is 0.971. The molecule has 3 aromatic rings. The van der Waals surface area contributed by atoms with E-state index in [1.54, 1.807) is 30.0 Å². The molecule has 0 bridgehead atoms. The van der Waals surface area contributed by atoms with Crippen LogP contribution in [-0.4, -0.2) is 48.3 Å². The van der Waals surface area contributed by atoms with Gasteiger partial charge >= 0.3 is 0 Å². The summed E-state index contributed by atoms with van der Waals surface area (Å²) >= 11 is 0. The Morgan fingerprint density at radius 2 is 2.32 bits per heavy atom. The number of carbonyl (C=O) groups is 1. The molecule has 3 N–H and O–H groups in total. The summed E-state index contributed by atoms with van der Waals surface area (Å²) in [7, 11) is 1.61. The first-order chi connectivity index (χ1) is 15.0. The standard InChI is InChI=1S/C22H27N5O4/c1-14-6-3-9-26-19(14)25-20-17(22(26)29)12-16(21(28)24-8-5-10-30-2)18(23)27(20)13-15-7-4-11-31-15/h3,6,9,12,15,23H,4-5,7-8,10-11,13H2,1-2H3,(H,24,28)/p+1/t15-/m1/s1. The van der Waals surface area contributed by atoms with E-state index < -0.39 is 0 Å². The van der Waals surface area contributed by atoms with Gasteiger partial charge in [0.25, 0.3) is 17.1 Å². The fraction of sp³-hybridized carbons (Fsp3) is 0.455. The average Bonchev–Trinajstić information content (AvgIpc) is 3.27. The van der Waals surface area contributed by atoms with E-state index >= 15 is 0 Å². The van der Waals surface area contributed by atoms with Gasteiger partial charge in [0.15, 0.2) is 0 Å². The summed E-state index contributed by atoms with van der Waals surface area (Å²) < 4.78 is 14.1. The van der Waals surface area contributed by atoms with Crippen LogP contribution >= 0.6 is 0 Å². The molecule has 31 heavy (non-hydrogen) atoms. The number of nitrogens with two attached hydrogens (primary N) is 1. The largest absolute Gasteiger partial charge is 0.385 e. The van der Waals surface area contributed by atoms with E-state index in [0.29, 0.717) is 49.4 Å². The molecular weight excluding hydrogens is 398 g/mol. The molecule has 1 aliphatic rings. The summed E-state index contributed by atoms with van der Waals surface area (Å²) in [6.45, 7) is 4.03. The Bertz CT molecular complexity index is 1180. The second-order valence-corrected chi connectivity index (χ2v) is 7.83. The summed E-state index contributed by atoms with van der Waals surface area (Å²) in [6, 6.07) is 5.26. The summed E-state index contributed by atoms with van der Waals surface area (Å²) in [5.41, 5.74) is 8.39. The maximum absolute atomic E-state index is 13.3. The van der Waals surface area contributed by atoms with Crippen LogP contribution in [0.25, 0.3) is 16.7 Å². The van der Waals surface area contributed by atoms with Crippen molar-refractivity contribution in [2.45, 2.75) is 38.8 Å². The van der Waals surface area contributed by atoms with Crippen molar-refractivity contribution in [3.05, 3.63) is 45.9 Å². The Hall–Kier alpha value is -3.04. The molecule has 9 heteroatoms. The number of aromatic nitrogens is 3. The lowest BCUT2D eigenvalue weighted by molar-refractivity contribution is -0.666. The number of aryl methyl sites for hydroxylation is 1. The molecule has 164 valence electrons. The molecule has 1 aliphatic heterocycles. The van der Waals surface area contributed by atoms with Crippen LogP contribution < -0.4 is 21.2 Å². The van der Waals surface area contributed by atoms with Gasteiger partial charge in [0.05, 0.1) is 12.6 Å². The van der Waals surface area contributed by atoms with Gasteiger partial charge in [-0.15, -0.1) is 0 Å². The lowest BCUT2D eigenvalue weighted by Crippen LogP contribution is -2.46. The molecule has 0 aliphatic carbocycles. The minimum atomic E-state index is -0.328. The number of anilines is 1. The summed E-state index contributed by atoms with van der Waals surface area (Å²) in [4.78, 5) is 31.0. The molecule has 0 aromatic carbocycles. The van der Waals surface area contributed by atoms with Gasteiger partial charge in [-0.25, -0.2) is 4.57 Å². The molecule has 0 unspecified atom stereocenters. The van der Waals surface area contributed by atoms with Crippen LogP contribution in [0.3, 0.4) is 0 Å². The number of carbonyl (C=O) groups excluding carboxylic acids is 1.